The van der Waals surface area contributed by atoms with Crippen LogP contribution in [0.1, 0.15) is 46.0 Å². The molecule has 1 aliphatic carbocycles. The topological polar surface area (TPSA) is 92.4 Å². The number of nitrogens with zero attached hydrogens (tertiary/aromatic N) is 2. The van der Waals surface area contributed by atoms with Crippen molar-refractivity contribution in [3.8, 4) is 0 Å². The number of carboxylic acid groups (broad SMARTS) is 2. The molecule has 6 nitrogen and oxygen atoms in total. The van der Waals surface area contributed by atoms with Gasteiger partial charge in [0.25, 0.3) is 0 Å². The summed E-state index contributed by atoms with van der Waals surface area (Å²) in [5.74, 6) is -4.76. The van der Waals surface area contributed by atoms with Crippen molar-refractivity contribution in [2.45, 2.75) is 44.6 Å². The standard InChI is InChI=1S/C16H15F3N2O2.C2HF3O2/c17-16(18,19)15-20-12-6-1-2-7-13(12)21(15)9-10-4-3-5-11(8-10)14(22)23;3-2(4,5)1(6)7/h3-5,8H,1-2,6-7,9H2,(H,22,23);(H,6,7). The first-order valence-electron chi connectivity index (χ1n) is 8.58. The number of hydrogen-bond donors (Lipinski definition) is 2. The maximum Gasteiger partial charge on any atom is 0.490 e. The molecule has 0 bridgehead atoms. The summed E-state index contributed by atoms with van der Waals surface area (Å²) < 4.78 is 72.7. The van der Waals surface area contributed by atoms with Crippen LogP contribution in [0.2, 0.25) is 0 Å². The minimum atomic E-state index is -5.08. The first-order valence-corrected chi connectivity index (χ1v) is 8.58. The van der Waals surface area contributed by atoms with Crippen molar-refractivity contribution < 1.29 is 46.1 Å². The van der Waals surface area contributed by atoms with Gasteiger partial charge in [-0.2, -0.15) is 26.3 Å². The lowest BCUT2D eigenvalue weighted by Gasteiger charge is -2.16. The smallest absolute Gasteiger partial charge is 0.478 e. The van der Waals surface area contributed by atoms with E-state index >= 15 is 0 Å². The Kier molecular flexibility index (Phi) is 6.78. The number of carbonyl (C=O) groups is 2. The van der Waals surface area contributed by atoms with Crippen LogP contribution in [-0.2, 0) is 30.4 Å². The van der Waals surface area contributed by atoms with Crippen LogP contribution in [0.25, 0.3) is 0 Å². The zero-order valence-corrected chi connectivity index (χ0v) is 15.2. The predicted octanol–water partition coefficient (Wildman–Crippen LogP) is 4.16. The minimum Gasteiger partial charge on any atom is -0.478 e. The van der Waals surface area contributed by atoms with E-state index in [-0.39, 0.29) is 12.1 Å². The fourth-order valence-corrected chi connectivity index (χ4v) is 2.97. The summed E-state index contributed by atoms with van der Waals surface area (Å²) in [6, 6.07) is 5.98. The molecule has 2 N–H and O–H groups in total. The van der Waals surface area contributed by atoms with E-state index in [1.807, 2.05) is 0 Å². The lowest BCUT2D eigenvalue weighted by Crippen LogP contribution is -2.21. The van der Waals surface area contributed by atoms with Gasteiger partial charge in [-0.05, 0) is 43.4 Å². The monoisotopic (exact) mass is 438 g/mol. The van der Waals surface area contributed by atoms with E-state index in [1.165, 1.54) is 22.8 Å². The summed E-state index contributed by atoms with van der Waals surface area (Å²) in [5, 5.41) is 16.1. The zero-order chi connectivity index (χ0) is 22.7. The molecule has 0 saturated carbocycles. The lowest BCUT2D eigenvalue weighted by molar-refractivity contribution is -0.192. The average Bonchev–Trinajstić information content (AvgIpc) is 3.01. The number of aryl methyl sites for hydroxylation is 1. The van der Waals surface area contributed by atoms with Crippen LogP contribution in [-0.4, -0.2) is 37.9 Å². The maximum atomic E-state index is 13.3. The lowest BCUT2D eigenvalue weighted by atomic mass is 10.0. The molecular formula is C18H16F6N2O4. The van der Waals surface area contributed by atoms with Gasteiger partial charge in [-0.25, -0.2) is 14.6 Å². The molecule has 0 amide bonds. The number of halogens is 6. The van der Waals surface area contributed by atoms with Gasteiger partial charge in [-0.3, -0.25) is 0 Å². The van der Waals surface area contributed by atoms with Crippen molar-refractivity contribution in [2.24, 2.45) is 0 Å². The van der Waals surface area contributed by atoms with Gasteiger partial charge in [-0.1, -0.05) is 12.1 Å². The summed E-state index contributed by atoms with van der Waals surface area (Å²) in [5.41, 5.74) is 1.70. The Hall–Kier alpha value is -3.05. The van der Waals surface area contributed by atoms with Crippen LogP contribution in [0.5, 0.6) is 0 Å². The third-order valence-corrected chi connectivity index (χ3v) is 4.24. The molecule has 12 heteroatoms. The quantitative estimate of drug-likeness (QED) is 0.703. The first kappa shape index (κ1) is 23.2. The second-order valence-electron chi connectivity index (χ2n) is 6.43. The highest BCUT2D eigenvalue weighted by atomic mass is 19.4. The van der Waals surface area contributed by atoms with Gasteiger partial charge in [0.1, 0.15) is 0 Å². The van der Waals surface area contributed by atoms with Crippen LogP contribution in [0, 0.1) is 0 Å². The molecule has 0 spiro atoms. The van der Waals surface area contributed by atoms with Crippen molar-refractivity contribution in [1.29, 1.82) is 0 Å². The van der Waals surface area contributed by atoms with Gasteiger partial charge in [0, 0.05) is 12.2 Å². The third-order valence-electron chi connectivity index (χ3n) is 4.24. The van der Waals surface area contributed by atoms with Gasteiger partial charge in [0.05, 0.1) is 11.3 Å². The van der Waals surface area contributed by atoms with E-state index in [9.17, 15) is 31.1 Å². The number of alkyl halides is 6. The van der Waals surface area contributed by atoms with Gasteiger partial charge in [-0.15, -0.1) is 0 Å². The van der Waals surface area contributed by atoms with Crippen LogP contribution in [0.15, 0.2) is 24.3 Å². The SMILES string of the molecule is O=C(O)C(F)(F)F.O=C(O)c1cccc(Cn2c(C(F)(F)F)nc3c2CCCC3)c1. The van der Waals surface area contributed by atoms with E-state index in [0.717, 1.165) is 12.8 Å². The van der Waals surface area contributed by atoms with Crippen molar-refractivity contribution in [1.82, 2.24) is 9.55 Å². The Labute approximate surface area is 165 Å². The molecule has 1 aromatic heterocycles. The summed E-state index contributed by atoms with van der Waals surface area (Å²) in [6.45, 7) is -0.0295. The van der Waals surface area contributed by atoms with E-state index in [2.05, 4.69) is 4.98 Å². The molecule has 1 aromatic carbocycles. The molecule has 2 aromatic rings. The number of imidazole rings is 1. The van der Waals surface area contributed by atoms with Crippen LogP contribution in [0.4, 0.5) is 26.3 Å². The maximum absolute atomic E-state index is 13.3. The van der Waals surface area contributed by atoms with E-state index in [0.29, 0.717) is 29.8 Å². The Morgan fingerprint density at radius 2 is 1.63 bits per heavy atom. The molecule has 164 valence electrons. The number of aromatic nitrogens is 2. The summed E-state index contributed by atoms with van der Waals surface area (Å²) in [7, 11) is 0. The van der Waals surface area contributed by atoms with Gasteiger partial charge >= 0.3 is 24.3 Å². The zero-order valence-electron chi connectivity index (χ0n) is 15.2. The molecule has 0 atom stereocenters. The Balaban J connectivity index is 0.000000396. The molecule has 1 heterocycles. The minimum absolute atomic E-state index is 0.0295. The number of benzene rings is 1. The molecule has 0 radical (unpaired) electrons. The predicted molar refractivity (Wildman–Crippen MR) is 90.1 cm³/mol. The molecule has 0 fully saturated rings. The van der Waals surface area contributed by atoms with Crippen LogP contribution < -0.4 is 0 Å². The number of rotatable bonds is 3. The molecule has 30 heavy (non-hydrogen) atoms. The highest BCUT2D eigenvalue weighted by Crippen LogP contribution is 2.33. The summed E-state index contributed by atoms with van der Waals surface area (Å²) in [4.78, 5) is 23.7. The number of fused-ring (bicyclic) bond motifs is 1. The highest BCUT2D eigenvalue weighted by Gasteiger charge is 2.39. The number of carboxylic acids is 2. The Morgan fingerprint density at radius 3 is 2.17 bits per heavy atom. The molecular weight excluding hydrogens is 422 g/mol. The van der Waals surface area contributed by atoms with Gasteiger partial charge < -0.3 is 14.8 Å². The highest BCUT2D eigenvalue weighted by molar-refractivity contribution is 5.87. The Bertz CT molecular complexity index is 934. The van der Waals surface area contributed by atoms with Gasteiger partial charge in [0.15, 0.2) is 0 Å². The molecule has 0 unspecified atom stereocenters. The van der Waals surface area contributed by atoms with E-state index in [4.69, 9.17) is 15.0 Å². The first-order chi connectivity index (χ1) is 13.8. The number of hydrogen-bond acceptors (Lipinski definition) is 3. The van der Waals surface area contributed by atoms with Crippen LogP contribution >= 0.6 is 0 Å². The normalized spacial score (nSPS) is 13.8. The fraction of sp³-hybridized carbons (Fsp3) is 0.389. The number of aliphatic carboxylic acids is 1. The van der Waals surface area contributed by atoms with Crippen molar-refractivity contribution in [2.75, 3.05) is 0 Å². The summed E-state index contributed by atoms with van der Waals surface area (Å²) >= 11 is 0. The summed E-state index contributed by atoms with van der Waals surface area (Å²) in [6.07, 6.45) is -6.81. The second-order valence-corrected chi connectivity index (χ2v) is 6.43. The Morgan fingerprint density at radius 1 is 1.03 bits per heavy atom. The molecule has 1 aliphatic rings. The molecule has 3 rings (SSSR count). The fourth-order valence-electron chi connectivity index (χ4n) is 2.97. The molecule has 0 aliphatic heterocycles. The van der Waals surface area contributed by atoms with Gasteiger partial charge in [0.2, 0.25) is 5.82 Å². The van der Waals surface area contributed by atoms with E-state index < -0.39 is 30.1 Å². The average molecular weight is 438 g/mol. The largest absolute Gasteiger partial charge is 0.490 e. The number of aromatic carboxylic acids is 1. The van der Waals surface area contributed by atoms with Crippen LogP contribution in [0.3, 0.4) is 0 Å². The van der Waals surface area contributed by atoms with Crippen molar-refractivity contribution in [3.05, 3.63) is 52.6 Å². The van der Waals surface area contributed by atoms with E-state index in [1.54, 1.807) is 6.07 Å². The van der Waals surface area contributed by atoms with Crippen molar-refractivity contribution >= 4 is 11.9 Å². The third kappa shape index (κ3) is 5.74. The van der Waals surface area contributed by atoms with Crippen molar-refractivity contribution in [3.63, 3.8) is 0 Å². The second kappa shape index (κ2) is 8.76. The molecule has 0 saturated heterocycles.